The molecule has 1 saturated heterocycles. The quantitative estimate of drug-likeness (QED) is 0.660. The summed E-state index contributed by atoms with van der Waals surface area (Å²) in [6.07, 6.45) is 6.95. The summed E-state index contributed by atoms with van der Waals surface area (Å²) in [5.74, 6) is -0.284. The minimum absolute atomic E-state index is 0.0101. The van der Waals surface area contributed by atoms with Gasteiger partial charge in [0.15, 0.2) is 0 Å². The maximum Gasteiger partial charge on any atom is 0.254 e. The van der Waals surface area contributed by atoms with Crippen molar-refractivity contribution in [1.29, 1.82) is 0 Å². The zero-order chi connectivity index (χ0) is 19.2. The van der Waals surface area contributed by atoms with E-state index < -0.39 is 10.0 Å². The molecule has 26 heavy (non-hydrogen) atoms. The summed E-state index contributed by atoms with van der Waals surface area (Å²) < 4.78 is 27.6. The van der Waals surface area contributed by atoms with Crippen LogP contribution >= 0.6 is 11.6 Å². The summed E-state index contributed by atoms with van der Waals surface area (Å²) in [7, 11) is -3.73. The number of sulfonamides is 1. The van der Waals surface area contributed by atoms with Gasteiger partial charge in [-0.3, -0.25) is 4.79 Å². The molecule has 2 rings (SSSR count). The molecule has 0 radical (unpaired) electrons. The molecule has 1 aromatic carbocycles. The van der Waals surface area contributed by atoms with Crippen LogP contribution in [0.25, 0.3) is 0 Å². The van der Waals surface area contributed by atoms with Gasteiger partial charge in [0, 0.05) is 31.7 Å². The van der Waals surface area contributed by atoms with Crippen molar-refractivity contribution < 1.29 is 13.2 Å². The third kappa shape index (κ3) is 4.75. The molecule has 0 aliphatic carbocycles. The molecule has 0 spiro atoms. The van der Waals surface area contributed by atoms with Crippen molar-refractivity contribution in [1.82, 2.24) is 9.21 Å². The Kier molecular flexibility index (Phi) is 7.43. The first-order chi connectivity index (χ1) is 12.4. The van der Waals surface area contributed by atoms with Crippen LogP contribution in [0.1, 0.15) is 36.0 Å². The minimum Gasteiger partial charge on any atom is -0.331 e. The van der Waals surface area contributed by atoms with E-state index in [-0.39, 0.29) is 21.4 Å². The summed E-state index contributed by atoms with van der Waals surface area (Å²) in [5.41, 5.74) is 0.284. The van der Waals surface area contributed by atoms with Crippen LogP contribution < -0.4 is 0 Å². The largest absolute Gasteiger partial charge is 0.331 e. The lowest BCUT2D eigenvalue weighted by Crippen LogP contribution is -2.33. The highest BCUT2D eigenvalue weighted by Crippen LogP contribution is 2.28. The second kappa shape index (κ2) is 9.35. The van der Waals surface area contributed by atoms with Gasteiger partial charge in [-0.1, -0.05) is 36.6 Å². The number of amides is 1. The molecule has 142 valence electrons. The lowest BCUT2D eigenvalue weighted by Gasteiger charge is -2.22. The van der Waals surface area contributed by atoms with Gasteiger partial charge in [0.2, 0.25) is 10.0 Å². The maximum absolute atomic E-state index is 13.0. The van der Waals surface area contributed by atoms with Gasteiger partial charge in [-0.05, 0) is 31.0 Å². The molecule has 1 heterocycles. The molecule has 0 saturated carbocycles. The van der Waals surface area contributed by atoms with Crippen molar-refractivity contribution in [3.63, 3.8) is 0 Å². The summed E-state index contributed by atoms with van der Waals surface area (Å²) >= 11 is 6.18. The first-order valence-corrected chi connectivity index (χ1v) is 10.5. The van der Waals surface area contributed by atoms with E-state index in [0.29, 0.717) is 26.2 Å². The highest BCUT2D eigenvalue weighted by molar-refractivity contribution is 7.89. The van der Waals surface area contributed by atoms with E-state index in [4.69, 9.17) is 11.6 Å². The molecular formula is C19H25ClN2O3S. The molecule has 1 aliphatic rings. The summed E-state index contributed by atoms with van der Waals surface area (Å²) in [5, 5.41) is 0.129. The topological polar surface area (TPSA) is 57.7 Å². The molecule has 0 bridgehead atoms. The molecule has 0 atom stereocenters. The number of hydrogen-bond acceptors (Lipinski definition) is 3. The van der Waals surface area contributed by atoms with E-state index in [9.17, 15) is 13.2 Å². The highest BCUT2D eigenvalue weighted by atomic mass is 35.5. The van der Waals surface area contributed by atoms with Crippen LogP contribution in [0.4, 0.5) is 0 Å². The standard InChI is InChI=1S/C19H25ClN2O3S/c1-3-11-21(12-4-2)19(23)16-9-10-17(20)18(15-16)26(24,25)22-13-7-5-6-8-14-22/h3-4,9-10,15H,1-2,5-8,11-14H2. The van der Waals surface area contributed by atoms with Gasteiger partial charge >= 0.3 is 0 Å². The van der Waals surface area contributed by atoms with Crippen LogP contribution in [0.3, 0.4) is 0 Å². The molecule has 0 aromatic heterocycles. The van der Waals surface area contributed by atoms with E-state index >= 15 is 0 Å². The Bertz CT molecular complexity index is 759. The maximum atomic E-state index is 13.0. The Morgan fingerprint density at radius 3 is 2.23 bits per heavy atom. The summed E-state index contributed by atoms with van der Waals surface area (Å²) in [4.78, 5) is 14.2. The summed E-state index contributed by atoms with van der Waals surface area (Å²) in [6, 6.07) is 4.40. The van der Waals surface area contributed by atoms with Crippen LogP contribution in [0, 0.1) is 0 Å². The van der Waals surface area contributed by atoms with Crippen molar-refractivity contribution in [3.8, 4) is 0 Å². The fraction of sp³-hybridized carbons (Fsp3) is 0.421. The number of hydrogen-bond donors (Lipinski definition) is 0. The Balaban J connectivity index is 2.38. The van der Waals surface area contributed by atoms with E-state index in [1.807, 2.05) is 0 Å². The molecule has 7 heteroatoms. The molecule has 1 fully saturated rings. The van der Waals surface area contributed by atoms with Gasteiger partial charge in [0.1, 0.15) is 4.90 Å². The minimum atomic E-state index is -3.73. The fourth-order valence-electron chi connectivity index (χ4n) is 2.99. The SMILES string of the molecule is C=CCN(CC=C)C(=O)c1ccc(Cl)c(S(=O)(=O)N2CCCCCC2)c1. The first-order valence-electron chi connectivity index (χ1n) is 8.72. The van der Waals surface area contributed by atoms with Gasteiger partial charge in [0.25, 0.3) is 5.91 Å². The van der Waals surface area contributed by atoms with E-state index in [2.05, 4.69) is 13.2 Å². The van der Waals surface area contributed by atoms with Crippen molar-refractivity contribution in [2.45, 2.75) is 30.6 Å². The number of nitrogens with zero attached hydrogens (tertiary/aromatic N) is 2. The van der Waals surface area contributed by atoms with Crippen LogP contribution in [0.5, 0.6) is 0 Å². The normalized spacial score (nSPS) is 15.9. The third-order valence-corrected chi connectivity index (χ3v) is 6.73. The monoisotopic (exact) mass is 396 g/mol. The smallest absolute Gasteiger partial charge is 0.254 e. The van der Waals surface area contributed by atoms with Crippen LogP contribution in [0.2, 0.25) is 5.02 Å². The molecule has 0 N–H and O–H groups in total. The van der Waals surface area contributed by atoms with E-state index in [0.717, 1.165) is 25.7 Å². The van der Waals surface area contributed by atoms with E-state index in [1.165, 1.54) is 21.3 Å². The zero-order valence-electron chi connectivity index (χ0n) is 14.9. The zero-order valence-corrected chi connectivity index (χ0v) is 16.4. The fourth-order valence-corrected chi connectivity index (χ4v) is 5.01. The molecule has 1 aliphatic heterocycles. The van der Waals surface area contributed by atoms with Crippen LogP contribution in [-0.4, -0.2) is 49.7 Å². The van der Waals surface area contributed by atoms with Gasteiger partial charge in [-0.2, -0.15) is 4.31 Å². The average Bonchev–Trinajstić information content (AvgIpc) is 2.91. The molecule has 0 unspecified atom stereocenters. The molecular weight excluding hydrogens is 372 g/mol. The van der Waals surface area contributed by atoms with Crippen molar-refractivity contribution in [2.24, 2.45) is 0 Å². The Morgan fingerprint density at radius 2 is 1.69 bits per heavy atom. The number of carbonyl (C=O) groups is 1. The Morgan fingerprint density at radius 1 is 1.12 bits per heavy atom. The van der Waals surface area contributed by atoms with Crippen molar-refractivity contribution in [3.05, 3.63) is 54.1 Å². The Labute approximate surface area is 161 Å². The number of benzene rings is 1. The van der Waals surface area contributed by atoms with Gasteiger partial charge in [-0.25, -0.2) is 8.42 Å². The summed E-state index contributed by atoms with van der Waals surface area (Å²) in [6.45, 7) is 8.96. The van der Waals surface area contributed by atoms with Gasteiger partial charge < -0.3 is 4.90 Å². The van der Waals surface area contributed by atoms with Crippen molar-refractivity contribution in [2.75, 3.05) is 26.2 Å². The average molecular weight is 397 g/mol. The third-order valence-electron chi connectivity index (χ3n) is 4.35. The number of carbonyl (C=O) groups excluding carboxylic acids is 1. The number of rotatable bonds is 7. The highest BCUT2D eigenvalue weighted by Gasteiger charge is 2.28. The predicted octanol–water partition coefficient (Wildman–Crippen LogP) is 3.72. The van der Waals surface area contributed by atoms with Gasteiger partial charge in [0.05, 0.1) is 5.02 Å². The lowest BCUT2D eigenvalue weighted by molar-refractivity contribution is 0.0790. The lowest BCUT2D eigenvalue weighted by atomic mass is 10.2. The molecule has 1 amide bonds. The molecule has 1 aromatic rings. The van der Waals surface area contributed by atoms with Crippen LogP contribution in [-0.2, 0) is 10.0 Å². The second-order valence-corrected chi connectivity index (χ2v) is 8.56. The van der Waals surface area contributed by atoms with Gasteiger partial charge in [-0.15, -0.1) is 13.2 Å². The predicted molar refractivity (Wildman–Crippen MR) is 105 cm³/mol. The van der Waals surface area contributed by atoms with Crippen molar-refractivity contribution >= 4 is 27.5 Å². The number of halogens is 1. The Hall–Kier alpha value is -1.63. The van der Waals surface area contributed by atoms with E-state index in [1.54, 1.807) is 18.2 Å². The molecule has 5 nitrogen and oxygen atoms in total. The van der Waals surface area contributed by atoms with Crippen LogP contribution in [0.15, 0.2) is 48.4 Å². The first kappa shape index (κ1) is 20.7. The second-order valence-electron chi connectivity index (χ2n) is 6.25.